The molecule has 2 heterocycles. The molecule has 0 unspecified atom stereocenters. The molecule has 2 amide bonds. The van der Waals surface area contributed by atoms with Gasteiger partial charge in [0.2, 0.25) is 0 Å². The average molecular weight is 359 g/mol. The van der Waals surface area contributed by atoms with E-state index in [0.717, 1.165) is 23.2 Å². The third kappa shape index (κ3) is 3.69. The van der Waals surface area contributed by atoms with E-state index in [4.69, 9.17) is 0 Å². The molecular weight excluding hydrogens is 338 g/mol. The molecule has 0 fully saturated rings. The number of benzene rings is 2. The topological polar surface area (TPSA) is 74.7 Å². The summed E-state index contributed by atoms with van der Waals surface area (Å²) in [5.41, 5.74) is 4.30. The standard InChI is InChI=1S/C21H21N5O/c1-26-19(15-7-3-2-4-8-15)13-20(25-26)24-21(27)22-12-11-16-14-23-18-10-6-5-9-17(16)18/h2-10,13-14,23H,11-12H2,1H3,(H2,22,24,25,27). The van der Waals surface area contributed by atoms with Crippen LogP contribution in [0.5, 0.6) is 0 Å². The zero-order valence-electron chi connectivity index (χ0n) is 15.1. The largest absolute Gasteiger partial charge is 0.361 e. The van der Waals surface area contributed by atoms with Crippen LogP contribution in [-0.4, -0.2) is 27.3 Å². The number of carbonyl (C=O) groups is 1. The van der Waals surface area contributed by atoms with Crippen LogP contribution in [0.3, 0.4) is 0 Å². The monoisotopic (exact) mass is 359 g/mol. The van der Waals surface area contributed by atoms with Crippen LogP contribution in [0.2, 0.25) is 0 Å². The molecule has 0 aliphatic rings. The van der Waals surface area contributed by atoms with Crippen molar-refractivity contribution in [1.82, 2.24) is 20.1 Å². The Hall–Kier alpha value is -3.54. The molecule has 27 heavy (non-hydrogen) atoms. The van der Waals surface area contributed by atoms with Gasteiger partial charge in [-0.25, -0.2) is 4.79 Å². The number of fused-ring (bicyclic) bond motifs is 1. The maximum atomic E-state index is 12.2. The quantitative estimate of drug-likeness (QED) is 0.505. The van der Waals surface area contributed by atoms with E-state index in [1.807, 2.05) is 67.8 Å². The zero-order chi connectivity index (χ0) is 18.6. The molecule has 3 N–H and O–H groups in total. The molecule has 0 spiro atoms. The van der Waals surface area contributed by atoms with E-state index < -0.39 is 0 Å². The summed E-state index contributed by atoms with van der Waals surface area (Å²) in [5, 5.41) is 11.2. The van der Waals surface area contributed by atoms with Crippen LogP contribution in [0.25, 0.3) is 22.2 Å². The Balaban J connectivity index is 1.35. The molecule has 0 radical (unpaired) electrons. The third-order valence-corrected chi connectivity index (χ3v) is 4.55. The van der Waals surface area contributed by atoms with Crippen LogP contribution >= 0.6 is 0 Å². The van der Waals surface area contributed by atoms with Gasteiger partial charge in [0.1, 0.15) is 0 Å². The highest BCUT2D eigenvalue weighted by Crippen LogP contribution is 2.21. The second-order valence-corrected chi connectivity index (χ2v) is 6.39. The van der Waals surface area contributed by atoms with E-state index in [1.54, 1.807) is 4.68 Å². The number of hydrogen-bond donors (Lipinski definition) is 3. The zero-order valence-corrected chi connectivity index (χ0v) is 15.1. The number of rotatable bonds is 5. The van der Waals surface area contributed by atoms with Crippen LogP contribution in [0.4, 0.5) is 10.6 Å². The van der Waals surface area contributed by atoms with Crippen LogP contribution in [0.1, 0.15) is 5.56 Å². The SMILES string of the molecule is Cn1nc(NC(=O)NCCc2c[nH]c3ccccc23)cc1-c1ccccc1. The highest BCUT2D eigenvalue weighted by molar-refractivity contribution is 5.89. The fourth-order valence-corrected chi connectivity index (χ4v) is 3.22. The Kier molecular flexibility index (Phi) is 4.61. The summed E-state index contributed by atoms with van der Waals surface area (Å²) in [6, 6.07) is 19.7. The first-order valence-corrected chi connectivity index (χ1v) is 8.90. The van der Waals surface area contributed by atoms with E-state index in [-0.39, 0.29) is 6.03 Å². The lowest BCUT2D eigenvalue weighted by Gasteiger charge is -2.05. The molecule has 2 aromatic carbocycles. The predicted octanol–water partition coefficient (Wildman–Crippen LogP) is 3.93. The van der Waals surface area contributed by atoms with Crippen LogP contribution in [0, 0.1) is 0 Å². The molecular formula is C21H21N5O. The molecule has 0 saturated heterocycles. The average Bonchev–Trinajstić information content (AvgIpc) is 3.26. The molecule has 0 aliphatic carbocycles. The van der Waals surface area contributed by atoms with Gasteiger partial charge in [0.15, 0.2) is 5.82 Å². The van der Waals surface area contributed by atoms with Gasteiger partial charge in [-0.15, -0.1) is 0 Å². The van der Waals surface area contributed by atoms with Gasteiger partial charge >= 0.3 is 6.03 Å². The van der Waals surface area contributed by atoms with Crippen molar-refractivity contribution in [2.24, 2.45) is 7.05 Å². The third-order valence-electron chi connectivity index (χ3n) is 4.55. The van der Waals surface area contributed by atoms with Crippen LogP contribution < -0.4 is 10.6 Å². The van der Waals surface area contributed by atoms with Crippen molar-refractivity contribution in [3.8, 4) is 11.3 Å². The lowest BCUT2D eigenvalue weighted by atomic mass is 10.1. The Labute approximate surface area is 157 Å². The summed E-state index contributed by atoms with van der Waals surface area (Å²) in [4.78, 5) is 15.4. The van der Waals surface area contributed by atoms with Crippen molar-refractivity contribution < 1.29 is 4.79 Å². The van der Waals surface area contributed by atoms with Gasteiger partial charge in [0, 0.05) is 36.8 Å². The van der Waals surface area contributed by atoms with Crippen molar-refractivity contribution in [3.63, 3.8) is 0 Å². The van der Waals surface area contributed by atoms with Crippen molar-refractivity contribution in [3.05, 3.63) is 72.4 Å². The van der Waals surface area contributed by atoms with Crippen molar-refractivity contribution in [2.75, 3.05) is 11.9 Å². The number of aryl methyl sites for hydroxylation is 1. The second-order valence-electron chi connectivity index (χ2n) is 6.39. The Bertz CT molecular complexity index is 1060. The van der Waals surface area contributed by atoms with Gasteiger partial charge in [-0.1, -0.05) is 48.5 Å². The molecule has 0 atom stereocenters. The second kappa shape index (κ2) is 7.37. The van der Waals surface area contributed by atoms with E-state index in [1.165, 1.54) is 10.9 Å². The summed E-state index contributed by atoms with van der Waals surface area (Å²) in [6.07, 6.45) is 2.75. The molecule has 4 aromatic rings. The maximum absolute atomic E-state index is 12.2. The number of aromatic nitrogens is 3. The Morgan fingerprint density at radius 3 is 2.74 bits per heavy atom. The molecule has 0 saturated carbocycles. The molecule has 6 nitrogen and oxygen atoms in total. The number of nitrogens with zero attached hydrogens (tertiary/aromatic N) is 2. The molecule has 6 heteroatoms. The first-order valence-electron chi connectivity index (χ1n) is 8.90. The minimum atomic E-state index is -0.257. The fourth-order valence-electron chi connectivity index (χ4n) is 3.22. The lowest BCUT2D eigenvalue weighted by Crippen LogP contribution is -2.30. The van der Waals surface area contributed by atoms with Gasteiger partial charge in [-0.2, -0.15) is 5.10 Å². The molecule has 136 valence electrons. The van der Waals surface area contributed by atoms with Crippen molar-refractivity contribution >= 4 is 22.8 Å². The smallest absolute Gasteiger partial charge is 0.320 e. The van der Waals surface area contributed by atoms with Gasteiger partial charge < -0.3 is 10.3 Å². The van der Waals surface area contributed by atoms with Crippen LogP contribution in [0.15, 0.2) is 66.9 Å². The predicted molar refractivity (Wildman–Crippen MR) is 108 cm³/mol. The van der Waals surface area contributed by atoms with Gasteiger partial charge in [-0.3, -0.25) is 10.00 Å². The number of aromatic amines is 1. The van der Waals surface area contributed by atoms with E-state index >= 15 is 0 Å². The normalized spacial score (nSPS) is 10.9. The van der Waals surface area contributed by atoms with E-state index in [0.29, 0.717) is 12.4 Å². The summed E-state index contributed by atoms with van der Waals surface area (Å²) >= 11 is 0. The fraction of sp³-hybridized carbons (Fsp3) is 0.143. The number of hydrogen-bond acceptors (Lipinski definition) is 2. The maximum Gasteiger partial charge on any atom is 0.320 e. The molecule has 0 aliphatic heterocycles. The van der Waals surface area contributed by atoms with E-state index in [9.17, 15) is 4.79 Å². The van der Waals surface area contributed by atoms with E-state index in [2.05, 4.69) is 26.8 Å². The van der Waals surface area contributed by atoms with Gasteiger partial charge in [-0.05, 0) is 23.6 Å². The summed E-state index contributed by atoms with van der Waals surface area (Å²) in [7, 11) is 1.86. The van der Waals surface area contributed by atoms with Crippen LogP contribution in [-0.2, 0) is 13.5 Å². The molecule has 4 rings (SSSR count). The number of anilines is 1. The Morgan fingerprint density at radius 1 is 1.11 bits per heavy atom. The summed E-state index contributed by atoms with van der Waals surface area (Å²) < 4.78 is 1.76. The summed E-state index contributed by atoms with van der Waals surface area (Å²) in [5.74, 6) is 0.529. The van der Waals surface area contributed by atoms with Crippen molar-refractivity contribution in [2.45, 2.75) is 6.42 Å². The number of H-pyrrole nitrogens is 1. The van der Waals surface area contributed by atoms with Gasteiger partial charge in [0.05, 0.1) is 5.69 Å². The minimum Gasteiger partial charge on any atom is -0.361 e. The first-order chi connectivity index (χ1) is 13.2. The van der Waals surface area contributed by atoms with Crippen molar-refractivity contribution in [1.29, 1.82) is 0 Å². The summed E-state index contributed by atoms with van der Waals surface area (Å²) in [6.45, 7) is 0.548. The number of urea groups is 1. The van der Waals surface area contributed by atoms with Gasteiger partial charge in [0.25, 0.3) is 0 Å². The minimum absolute atomic E-state index is 0.257. The molecule has 2 aromatic heterocycles. The first kappa shape index (κ1) is 16.9. The number of para-hydroxylation sites is 1. The lowest BCUT2D eigenvalue weighted by molar-refractivity contribution is 0.252. The number of nitrogens with one attached hydrogen (secondary N) is 3. The molecule has 0 bridgehead atoms. The highest BCUT2D eigenvalue weighted by Gasteiger charge is 2.10. The Morgan fingerprint density at radius 2 is 1.89 bits per heavy atom. The number of carbonyl (C=O) groups excluding carboxylic acids is 1. The highest BCUT2D eigenvalue weighted by atomic mass is 16.2. The number of amides is 2.